The van der Waals surface area contributed by atoms with Gasteiger partial charge in [0, 0.05) is 44.6 Å². The van der Waals surface area contributed by atoms with Crippen LogP contribution in [0.4, 0.5) is 0 Å². The van der Waals surface area contributed by atoms with Crippen LogP contribution in [0.2, 0.25) is 0 Å². The molecule has 0 spiro atoms. The van der Waals surface area contributed by atoms with E-state index >= 15 is 0 Å². The highest BCUT2D eigenvalue weighted by Crippen LogP contribution is 2.23. The Hall–Kier alpha value is -0.200. The van der Waals surface area contributed by atoms with Crippen LogP contribution in [0.3, 0.4) is 0 Å². The van der Waals surface area contributed by atoms with Crippen LogP contribution >= 0.6 is 0 Å². The lowest BCUT2D eigenvalue weighted by atomic mass is 9.90. The molecule has 0 aliphatic carbocycles. The number of hydrogen-bond acceptors (Lipinski definition) is 5. The zero-order valence-electron chi connectivity index (χ0n) is 10.9. The van der Waals surface area contributed by atoms with E-state index < -0.39 is 11.0 Å². The molecule has 5 nitrogen and oxygen atoms in total. The van der Waals surface area contributed by atoms with Crippen LogP contribution in [0, 0.1) is 5.41 Å². The molecule has 1 saturated heterocycles. The summed E-state index contributed by atoms with van der Waals surface area (Å²) in [4.78, 5) is 1.97. The van der Waals surface area contributed by atoms with Crippen molar-refractivity contribution in [3.63, 3.8) is 0 Å². The fraction of sp³-hybridized carbons (Fsp3) is 1.00. The Morgan fingerprint density at radius 1 is 1.24 bits per heavy atom. The molecule has 1 rings (SSSR count). The second-order valence-corrected chi connectivity index (χ2v) is 5.64. The van der Waals surface area contributed by atoms with Gasteiger partial charge < -0.3 is 25.0 Å². The van der Waals surface area contributed by atoms with Crippen LogP contribution in [0.5, 0.6) is 0 Å². The number of nitrogens with zero attached hydrogens (tertiary/aromatic N) is 1. The lowest BCUT2D eigenvalue weighted by Gasteiger charge is -2.38. The molecule has 0 bridgehead atoms. The maximum Gasteiger partial charge on any atom is 0.0817 e. The highest BCUT2D eigenvalue weighted by Gasteiger charge is 2.33. The highest BCUT2D eigenvalue weighted by molar-refractivity contribution is 4.86. The minimum Gasteiger partial charge on any atom is -0.396 e. The fourth-order valence-corrected chi connectivity index (χ4v) is 2.27. The summed E-state index contributed by atoms with van der Waals surface area (Å²) in [5, 5.41) is 28.8. The highest BCUT2D eigenvalue weighted by atomic mass is 16.5. The summed E-state index contributed by atoms with van der Waals surface area (Å²) in [7, 11) is 1.90. The predicted molar refractivity (Wildman–Crippen MR) is 64.8 cm³/mol. The largest absolute Gasteiger partial charge is 0.396 e. The standard InChI is InChI=1S/C12H25NO4/c1-11(9-14,10-15)7-13(2)8-12(16)3-5-17-6-4-12/h14-16H,3-10H2,1-2H3. The van der Waals surface area contributed by atoms with Gasteiger partial charge in [-0.3, -0.25) is 0 Å². The first-order valence-electron chi connectivity index (χ1n) is 6.13. The fourth-order valence-electron chi connectivity index (χ4n) is 2.27. The zero-order chi connectivity index (χ0) is 12.9. The molecule has 0 unspecified atom stereocenters. The van der Waals surface area contributed by atoms with Crippen LogP contribution in [0.1, 0.15) is 19.8 Å². The lowest BCUT2D eigenvalue weighted by Crippen LogP contribution is -2.49. The van der Waals surface area contributed by atoms with Gasteiger partial charge in [0.15, 0.2) is 0 Å². The Balaban J connectivity index is 2.45. The van der Waals surface area contributed by atoms with Crippen molar-refractivity contribution in [3.05, 3.63) is 0 Å². The summed E-state index contributed by atoms with van der Waals surface area (Å²) in [5.41, 5.74) is -1.21. The van der Waals surface area contributed by atoms with Gasteiger partial charge in [-0.15, -0.1) is 0 Å². The normalized spacial score (nSPS) is 20.8. The Morgan fingerprint density at radius 2 is 1.76 bits per heavy atom. The first-order chi connectivity index (χ1) is 7.93. The summed E-state index contributed by atoms with van der Waals surface area (Å²) in [6.07, 6.45) is 1.29. The van der Waals surface area contributed by atoms with Gasteiger partial charge in [-0.1, -0.05) is 6.92 Å². The van der Waals surface area contributed by atoms with Crippen LogP contribution in [-0.4, -0.2) is 72.4 Å². The molecule has 17 heavy (non-hydrogen) atoms. The zero-order valence-corrected chi connectivity index (χ0v) is 10.9. The van der Waals surface area contributed by atoms with Crippen molar-refractivity contribution >= 4 is 0 Å². The Morgan fingerprint density at radius 3 is 2.24 bits per heavy atom. The van der Waals surface area contributed by atoms with Crippen molar-refractivity contribution in [2.75, 3.05) is 46.6 Å². The number of aliphatic hydroxyl groups excluding tert-OH is 2. The topological polar surface area (TPSA) is 73.2 Å². The second-order valence-electron chi connectivity index (χ2n) is 5.64. The quantitative estimate of drug-likeness (QED) is 0.587. The number of aliphatic hydroxyl groups is 3. The molecule has 102 valence electrons. The third-order valence-electron chi connectivity index (χ3n) is 3.40. The molecule has 0 atom stereocenters. The van der Waals surface area contributed by atoms with Gasteiger partial charge in [0.05, 0.1) is 18.8 Å². The van der Waals surface area contributed by atoms with E-state index in [-0.39, 0.29) is 13.2 Å². The summed E-state index contributed by atoms with van der Waals surface area (Å²) < 4.78 is 5.23. The second kappa shape index (κ2) is 6.11. The van der Waals surface area contributed by atoms with Crippen LogP contribution < -0.4 is 0 Å². The van der Waals surface area contributed by atoms with E-state index in [9.17, 15) is 15.3 Å². The molecule has 0 aromatic rings. The average Bonchev–Trinajstić information content (AvgIpc) is 2.29. The Kier molecular flexibility index (Phi) is 5.34. The van der Waals surface area contributed by atoms with Crippen LogP contribution in [0.25, 0.3) is 0 Å². The molecule has 1 heterocycles. The van der Waals surface area contributed by atoms with Crippen molar-refractivity contribution in [2.45, 2.75) is 25.4 Å². The first kappa shape index (κ1) is 14.9. The van der Waals surface area contributed by atoms with Gasteiger partial charge in [0.2, 0.25) is 0 Å². The Labute approximate surface area is 103 Å². The smallest absolute Gasteiger partial charge is 0.0817 e. The lowest BCUT2D eigenvalue weighted by molar-refractivity contribution is -0.0831. The van der Waals surface area contributed by atoms with Crippen molar-refractivity contribution in [2.24, 2.45) is 5.41 Å². The summed E-state index contributed by atoms with van der Waals surface area (Å²) >= 11 is 0. The molecule has 0 aromatic carbocycles. The van der Waals surface area contributed by atoms with Crippen molar-refractivity contribution in [1.82, 2.24) is 4.90 Å². The van der Waals surface area contributed by atoms with Crippen LogP contribution in [0.15, 0.2) is 0 Å². The molecule has 1 aliphatic rings. The van der Waals surface area contributed by atoms with Crippen molar-refractivity contribution < 1.29 is 20.1 Å². The van der Waals surface area contributed by atoms with E-state index in [4.69, 9.17) is 4.74 Å². The third kappa shape index (κ3) is 4.52. The molecule has 0 aromatic heterocycles. The van der Waals surface area contributed by atoms with E-state index in [1.54, 1.807) is 0 Å². The monoisotopic (exact) mass is 247 g/mol. The van der Waals surface area contributed by atoms with Crippen molar-refractivity contribution in [1.29, 1.82) is 0 Å². The van der Waals surface area contributed by atoms with Gasteiger partial charge in [0.1, 0.15) is 0 Å². The van der Waals surface area contributed by atoms with E-state index in [0.717, 1.165) is 0 Å². The minimum atomic E-state index is -0.696. The average molecular weight is 247 g/mol. The molecule has 0 radical (unpaired) electrons. The molecule has 0 amide bonds. The van der Waals surface area contributed by atoms with Gasteiger partial charge >= 0.3 is 0 Å². The van der Waals surface area contributed by atoms with E-state index in [1.807, 2.05) is 18.9 Å². The van der Waals surface area contributed by atoms with Crippen LogP contribution in [-0.2, 0) is 4.74 Å². The summed E-state index contributed by atoms with van der Waals surface area (Å²) in [6.45, 7) is 4.01. The van der Waals surface area contributed by atoms with Gasteiger partial charge in [-0.2, -0.15) is 0 Å². The Bertz CT molecular complexity index is 225. The molecule has 1 aliphatic heterocycles. The maximum atomic E-state index is 10.3. The first-order valence-corrected chi connectivity index (χ1v) is 6.13. The van der Waals surface area contributed by atoms with E-state index in [0.29, 0.717) is 39.1 Å². The van der Waals surface area contributed by atoms with Gasteiger partial charge in [-0.25, -0.2) is 0 Å². The number of likely N-dealkylation sites (N-methyl/N-ethyl adjacent to an activating group) is 1. The SMILES string of the molecule is CN(CC(C)(CO)CO)CC1(O)CCOCC1. The molecule has 1 fully saturated rings. The van der Waals surface area contributed by atoms with Gasteiger partial charge in [0.25, 0.3) is 0 Å². The predicted octanol–water partition coefficient (Wildman–Crippen LogP) is -0.549. The summed E-state index contributed by atoms with van der Waals surface area (Å²) in [6, 6.07) is 0. The maximum absolute atomic E-state index is 10.3. The van der Waals surface area contributed by atoms with E-state index in [2.05, 4.69) is 0 Å². The third-order valence-corrected chi connectivity index (χ3v) is 3.40. The summed E-state index contributed by atoms with van der Waals surface area (Å²) in [5.74, 6) is 0. The van der Waals surface area contributed by atoms with Gasteiger partial charge in [-0.05, 0) is 7.05 Å². The molecule has 0 saturated carbocycles. The van der Waals surface area contributed by atoms with E-state index in [1.165, 1.54) is 0 Å². The minimum absolute atomic E-state index is 0.0601. The number of ether oxygens (including phenoxy) is 1. The van der Waals surface area contributed by atoms with Crippen molar-refractivity contribution in [3.8, 4) is 0 Å². The molecular weight excluding hydrogens is 222 g/mol. The molecular formula is C12H25NO4. The molecule has 5 heteroatoms. The number of rotatable bonds is 6. The molecule has 3 N–H and O–H groups in total. The number of hydrogen-bond donors (Lipinski definition) is 3.